The molecule has 0 saturated carbocycles. The summed E-state index contributed by atoms with van der Waals surface area (Å²) in [5.74, 6) is -0.555. The van der Waals surface area contributed by atoms with Crippen molar-refractivity contribution in [1.82, 2.24) is 0 Å². The molecule has 6 rings (SSSR count). The van der Waals surface area contributed by atoms with E-state index < -0.39 is 0 Å². The normalized spacial score (nSPS) is 11.3. The Balaban J connectivity index is 1.32. The Morgan fingerprint density at radius 3 is 1.33 bits per heavy atom. The number of nitrogens with one attached hydrogen (secondary N) is 2. The van der Waals surface area contributed by atoms with Crippen molar-refractivity contribution in [3.8, 4) is 0 Å². The molecule has 6 aromatic rings. The minimum atomic E-state index is -0.278. The van der Waals surface area contributed by atoms with Gasteiger partial charge in [-0.3, -0.25) is 9.59 Å². The number of hydrogen-bond acceptors (Lipinski definition) is 4. The van der Waals surface area contributed by atoms with E-state index in [4.69, 9.17) is 23.2 Å². The predicted octanol–water partition coefficient (Wildman–Crippen LogP) is 9.08. The molecule has 0 saturated heterocycles. The summed E-state index contributed by atoms with van der Waals surface area (Å²) < 4.78 is 1.91. The van der Waals surface area contributed by atoms with Gasteiger partial charge in [0, 0.05) is 42.3 Å². The monoisotopic (exact) mass is 546 g/mol. The number of amides is 2. The lowest BCUT2D eigenvalue weighted by Gasteiger charge is -2.12. The van der Waals surface area contributed by atoms with Gasteiger partial charge in [0.05, 0.1) is 10.0 Å². The summed E-state index contributed by atoms with van der Waals surface area (Å²) in [4.78, 5) is 27.2. The summed E-state index contributed by atoms with van der Waals surface area (Å²) in [6.45, 7) is 0. The Labute approximate surface area is 224 Å². The highest BCUT2D eigenvalue weighted by molar-refractivity contribution is 7.22. The smallest absolute Gasteiger partial charge is 0.267 e. The SMILES string of the molecule is O=C(Nc1cccc2c(NC(=O)c3sc4ccccc4c3Cl)cccc12)c1sc2ccccc2c1Cl. The van der Waals surface area contributed by atoms with E-state index >= 15 is 0 Å². The average molecular weight is 547 g/mol. The molecule has 4 nitrogen and oxygen atoms in total. The first-order valence-corrected chi connectivity index (χ1v) is 13.4. The number of hydrogen-bond donors (Lipinski definition) is 2. The zero-order valence-electron chi connectivity index (χ0n) is 18.5. The molecule has 0 aliphatic heterocycles. The van der Waals surface area contributed by atoms with Crippen LogP contribution in [-0.4, -0.2) is 11.8 Å². The molecule has 4 aromatic carbocycles. The average Bonchev–Trinajstić information content (AvgIpc) is 3.42. The van der Waals surface area contributed by atoms with Crippen molar-refractivity contribution in [2.24, 2.45) is 0 Å². The van der Waals surface area contributed by atoms with Gasteiger partial charge in [-0.05, 0) is 24.3 Å². The standard InChI is InChI=1S/C28H16Cl2N2O2S2/c29-23-17-7-1-3-13-21(17)35-25(23)27(33)31-19-11-5-10-16-15(19)9-6-12-20(16)32-28(34)26-24(30)18-8-2-4-14-22(18)36-26/h1-14H,(H,31,33)(H,32,34). The van der Waals surface area contributed by atoms with E-state index in [1.807, 2.05) is 84.9 Å². The summed E-state index contributed by atoms with van der Waals surface area (Å²) in [6.07, 6.45) is 0. The van der Waals surface area contributed by atoms with Gasteiger partial charge in [-0.25, -0.2) is 0 Å². The van der Waals surface area contributed by atoms with E-state index in [0.717, 1.165) is 30.9 Å². The molecular weight excluding hydrogens is 531 g/mol. The van der Waals surface area contributed by atoms with Crippen LogP contribution in [-0.2, 0) is 0 Å². The van der Waals surface area contributed by atoms with Crippen molar-refractivity contribution in [1.29, 1.82) is 0 Å². The molecule has 0 spiro atoms. The molecule has 0 aliphatic rings. The Kier molecular flexibility index (Phi) is 5.90. The third kappa shape index (κ3) is 3.92. The molecule has 0 fully saturated rings. The van der Waals surface area contributed by atoms with Gasteiger partial charge in [0.25, 0.3) is 11.8 Å². The van der Waals surface area contributed by atoms with E-state index in [9.17, 15) is 9.59 Å². The second-order valence-electron chi connectivity index (χ2n) is 8.10. The highest BCUT2D eigenvalue weighted by Crippen LogP contribution is 2.38. The van der Waals surface area contributed by atoms with Gasteiger partial charge in [0.1, 0.15) is 9.75 Å². The van der Waals surface area contributed by atoms with Crippen molar-refractivity contribution in [3.05, 3.63) is 105 Å². The summed E-state index contributed by atoms with van der Waals surface area (Å²) in [7, 11) is 0. The van der Waals surface area contributed by atoms with Crippen LogP contribution >= 0.6 is 45.9 Å². The number of fused-ring (bicyclic) bond motifs is 3. The van der Waals surface area contributed by atoms with E-state index in [2.05, 4.69) is 10.6 Å². The summed E-state index contributed by atoms with van der Waals surface area (Å²) in [5.41, 5.74) is 1.25. The zero-order valence-corrected chi connectivity index (χ0v) is 21.6. The minimum absolute atomic E-state index is 0.278. The van der Waals surface area contributed by atoms with E-state index in [-0.39, 0.29) is 11.8 Å². The van der Waals surface area contributed by atoms with E-state index in [1.165, 1.54) is 22.7 Å². The van der Waals surface area contributed by atoms with E-state index in [1.54, 1.807) is 0 Å². The van der Waals surface area contributed by atoms with Gasteiger partial charge < -0.3 is 10.6 Å². The number of anilines is 2. The largest absolute Gasteiger partial charge is 0.321 e. The van der Waals surface area contributed by atoms with Crippen LogP contribution in [0.2, 0.25) is 10.0 Å². The molecule has 36 heavy (non-hydrogen) atoms. The topological polar surface area (TPSA) is 58.2 Å². The minimum Gasteiger partial charge on any atom is -0.321 e. The maximum Gasteiger partial charge on any atom is 0.267 e. The molecule has 0 aliphatic carbocycles. The predicted molar refractivity (Wildman–Crippen MR) is 154 cm³/mol. The molecule has 2 N–H and O–H groups in total. The van der Waals surface area contributed by atoms with Gasteiger partial charge in [0.2, 0.25) is 0 Å². The molecule has 176 valence electrons. The first kappa shape index (κ1) is 23.0. The molecule has 0 unspecified atom stereocenters. The highest BCUT2D eigenvalue weighted by Gasteiger charge is 2.20. The third-order valence-corrected chi connectivity index (χ3v) is 9.25. The summed E-state index contributed by atoms with van der Waals surface area (Å²) in [6, 6.07) is 26.5. The number of benzene rings is 4. The van der Waals surface area contributed by atoms with Gasteiger partial charge >= 0.3 is 0 Å². The molecule has 2 amide bonds. The Morgan fingerprint density at radius 1 is 0.528 bits per heavy atom. The van der Waals surface area contributed by atoms with Crippen molar-refractivity contribution in [2.45, 2.75) is 0 Å². The lowest BCUT2D eigenvalue weighted by Crippen LogP contribution is -2.12. The second-order valence-corrected chi connectivity index (χ2v) is 11.0. The fourth-order valence-electron chi connectivity index (χ4n) is 4.21. The lowest BCUT2D eigenvalue weighted by molar-refractivity contribution is 0.102. The molecule has 2 heterocycles. The first-order chi connectivity index (χ1) is 17.5. The zero-order chi connectivity index (χ0) is 24.8. The van der Waals surface area contributed by atoms with Crippen molar-refractivity contribution in [2.75, 3.05) is 10.6 Å². The van der Waals surface area contributed by atoms with Crippen LogP contribution in [0, 0.1) is 0 Å². The molecule has 0 radical (unpaired) electrons. The van der Waals surface area contributed by atoms with Gasteiger partial charge in [-0.2, -0.15) is 0 Å². The van der Waals surface area contributed by atoms with Crippen molar-refractivity contribution < 1.29 is 9.59 Å². The maximum absolute atomic E-state index is 13.2. The molecule has 0 bridgehead atoms. The van der Waals surface area contributed by atoms with Crippen LogP contribution in [0.25, 0.3) is 30.9 Å². The Morgan fingerprint density at radius 2 is 0.917 bits per heavy atom. The summed E-state index contributed by atoms with van der Waals surface area (Å²) >= 11 is 15.7. The highest BCUT2D eigenvalue weighted by atomic mass is 35.5. The first-order valence-electron chi connectivity index (χ1n) is 11.0. The quantitative estimate of drug-likeness (QED) is 0.231. The van der Waals surface area contributed by atoms with Crippen molar-refractivity contribution in [3.63, 3.8) is 0 Å². The van der Waals surface area contributed by atoms with Crippen LogP contribution in [0.5, 0.6) is 0 Å². The molecular formula is C28H16Cl2N2O2S2. The van der Waals surface area contributed by atoms with Gasteiger partial charge in [0.15, 0.2) is 0 Å². The van der Waals surface area contributed by atoms with Crippen LogP contribution in [0.3, 0.4) is 0 Å². The summed E-state index contributed by atoms with van der Waals surface area (Å²) in [5, 5.41) is 10.2. The Hall–Kier alpha value is -3.42. The fraction of sp³-hybridized carbons (Fsp3) is 0. The third-order valence-electron chi connectivity index (χ3n) is 5.90. The number of rotatable bonds is 4. The number of carbonyl (C=O) groups excluding carboxylic acids is 2. The molecule has 2 aromatic heterocycles. The number of carbonyl (C=O) groups is 2. The van der Waals surface area contributed by atoms with Crippen LogP contribution in [0.4, 0.5) is 11.4 Å². The van der Waals surface area contributed by atoms with Crippen LogP contribution in [0.15, 0.2) is 84.9 Å². The van der Waals surface area contributed by atoms with Gasteiger partial charge in [-0.15, -0.1) is 22.7 Å². The maximum atomic E-state index is 13.2. The Bertz CT molecular complexity index is 1690. The van der Waals surface area contributed by atoms with Gasteiger partial charge in [-0.1, -0.05) is 83.9 Å². The second kappa shape index (κ2) is 9.22. The number of thiophene rings is 2. The number of halogens is 2. The van der Waals surface area contributed by atoms with E-state index in [0.29, 0.717) is 31.2 Å². The van der Waals surface area contributed by atoms with Crippen LogP contribution < -0.4 is 10.6 Å². The van der Waals surface area contributed by atoms with Crippen LogP contribution in [0.1, 0.15) is 19.3 Å². The molecule has 0 atom stereocenters. The van der Waals surface area contributed by atoms with Crippen molar-refractivity contribution >= 4 is 100 Å². The molecule has 8 heteroatoms. The fourth-order valence-corrected chi connectivity index (χ4v) is 7.03. The lowest BCUT2D eigenvalue weighted by atomic mass is 10.1.